The van der Waals surface area contributed by atoms with Crippen LogP contribution in [0.5, 0.6) is 11.5 Å². The predicted molar refractivity (Wildman–Crippen MR) is 143 cm³/mol. The van der Waals surface area contributed by atoms with Crippen LogP contribution in [0.25, 0.3) is 11.0 Å². The molecule has 0 unspecified atom stereocenters. The summed E-state index contributed by atoms with van der Waals surface area (Å²) in [6.45, 7) is 4.26. The summed E-state index contributed by atoms with van der Waals surface area (Å²) in [5, 5.41) is 11.7. The second kappa shape index (κ2) is 11.4. The number of alkyl halides is 3. The molecule has 0 saturated heterocycles. The first-order valence-electron chi connectivity index (χ1n) is 12.4. The fourth-order valence-electron chi connectivity index (χ4n) is 4.13. The Bertz CT molecular complexity index is 1770. The maximum Gasteiger partial charge on any atom is 0.420 e. The number of anilines is 2. The molecule has 2 heterocycles. The Morgan fingerprint density at radius 2 is 1.61 bits per heavy atom. The zero-order valence-electron chi connectivity index (χ0n) is 23.5. The van der Waals surface area contributed by atoms with Crippen molar-refractivity contribution >= 4 is 40.0 Å². The zero-order chi connectivity index (χ0) is 32.7. The number of aromatic nitrogens is 1. The van der Waals surface area contributed by atoms with Crippen LogP contribution in [0.4, 0.5) is 43.9 Å². The molecule has 2 aromatic heterocycles. The fourth-order valence-corrected chi connectivity index (χ4v) is 4.13. The number of furan rings is 1. The fraction of sp³-hybridized carbons (Fsp3) is 0.250. The van der Waals surface area contributed by atoms with E-state index in [-0.39, 0.29) is 15.9 Å². The molecule has 16 heteroatoms. The number of amides is 1. The molecule has 0 radical (unpaired) electrons. The van der Waals surface area contributed by atoms with Gasteiger partial charge in [-0.25, -0.2) is 23.5 Å². The average Bonchev–Trinajstić information content (AvgIpc) is 3.35. The molecule has 4 aromatic rings. The van der Waals surface area contributed by atoms with E-state index in [9.17, 15) is 41.7 Å². The van der Waals surface area contributed by atoms with E-state index in [4.69, 9.17) is 18.6 Å². The summed E-state index contributed by atoms with van der Waals surface area (Å²) in [6.07, 6.45) is -5.70. The van der Waals surface area contributed by atoms with Crippen LogP contribution in [0.15, 0.2) is 47.0 Å². The van der Waals surface area contributed by atoms with Crippen molar-refractivity contribution in [2.75, 3.05) is 19.1 Å². The van der Waals surface area contributed by atoms with E-state index >= 15 is 0 Å². The van der Waals surface area contributed by atoms with Gasteiger partial charge in [-0.15, -0.1) is 0 Å². The molecule has 0 aliphatic rings. The van der Waals surface area contributed by atoms with Crippen LogP contribution < -0.4 is 14.4 Å². The molecule has 0 saturated carbocycles. The Morgan fingerprint density at radius 3 is 2.14 bits per heavy atom. The van der Waals surface area contributed by atoms with Gasteiger partial charge in [0.25, 0.3) is 5.69 Å². The number of hydrogen-bond acceptors (Lipinski definition) is 9. The molecular weight excluding hydrogens is 601 g/mol. The summed E-state index contributed by atoms with van der Waals surface area (Å²) >= 11 is 0. The number of benzene rings is 2. The summed E-state index contributed by atoms with van der Waals surface area (Å²) in [4.78, 5) is 41.4. The van der Waals surface area contributed by atoms with Gasteiger partial charge >= 0.3 is 12.3 Å². The van der Waals surface area contributed by atoms with E-state index in [1.165, 1.54) is 20.8 Å². The Morgan fingerprint density at radius 1 is 1.00 bits per heavy atom. The maximum absolute atomic E-state index is 15.0. The highest BCUT2D eigenvalue weighted by molar-refractivity contribution is 6.10. The zero-order valence-corrected chi connectivity index (χ0v) is 23.5. The summed E-state index contributed by atoms with van der Waals surface area (Å²) in [6, 6.07) is 4.97. The molecule has 0 N–H and O–H groups in total. The Labute approximate surface area is 244 Å². The van der Waals surface area contributed by atoms with E-state index in [2.05, 4.69) is 4.98 Å². The number of ketones is 1. The van der Waals surface area contributed by atoms with Crippen molar-refractivity contribution in [2.24, 2.45) is 0 Å². The number of nitrogens with zero attached hydrogens (tertiary/aromatic N) is 3. The van der Waals surface area contributed by atoms with Crippen LogP contribution >= 0.6 is 0 Å². The second-order valence-electron chi connectivity index (χ2n) is 10.0. The van der Waals surface area contributed by atoms with Gasteiger partial charge in [-0.05, 0) is 39.0 Å². The van der Waals surface area contributed by atoms with Crippen LogP contribution in [0.1, 0.15) is 42.5 Å². The van der Waals surface area contributed by atoms with Gasteiger partial charge in [0.2, 0.25) is 5.78 Å². The summed E-state index contributed by atoms with van der Waals surface area (Å²) < 4.78 is 92.6. The minimum Gasteiger partial charge on any atom is -0.494 e. The number of nitro benzene ring substituents is 1. The molecule has 2 aromatic carbocycles. The number of hydrogen-bond donors (Lipinski definition) is 0. The third-order valence-corrected chi connectivity index (χ3v) is 5.96. The normalized spacial score (nSPS) is 11.8. The predicted octanol–water partition coefficient (Wildman–Crippen LogP) is 7.35. The molecule has 0 bridgehead atoms. The first kappa shape index (κ1) is 31.7. The Kier molecular flexibility index (Phi) is 8.22. The number of methoxy groups -OCH3 is 2. The number of carbonyl (C=O) groups is 2. The molecule has 0 aliphatic carbocycles. The van der Waals surface area contributed by atoms with Crippen molar-refractivity contribution in [1.29, 1.82) is 0 Å². The van der Waals surface area contributed by atoms with Crippen LogP contribution in [0, 0.1) is 21.7 Å². The highest BCUT2D eigenvalue weighted by Gasteiger charge is 2.42. The number of nitro groups is 1. The number of halogens is 5. The van der Waals surface area contributed by atoms with Gasteiger partial charge in [0, 0.05) is 17.5 Å². The summed E-state index contributed by atoms with van der Waals surface area (Å²) in [7, 11) is 2.16. The molecule has 11 nitrogen and oxygen atoms in total. The van der Waals surface area contributed by atoms with Crippen molar-refractivity contribution < 1.29 is 55.1 Å². The maximum atomic E-state index is 15.0. The molecule has 1 amide bonds. The van der Waals surface area contributed by atoms with Gasteiger partial charge in [-0.3, -0.25) is 14.9 Å². The SMILES string of the molecule is COc1cc(OC)c(F)c(C(=O)c2cc3cc(N(C(=O)OC(C)(C)C)c4c([N+](=O)[O-])cccc4C(F)(F)F)ncc3o2)c1F. The number of ether oxygens (including phenoxy) is 3. The number of pyridine rings is 1. The monoisotopic (exact) mass is 623 g/mol. The number of para-hydroxylation sites is 1. The lowest BCUT2D eigenvalue weighted by molar-refractivity contribution is -0.384. The van der Waals surface area contributed by atoms with E-state index in [1.54, 1.807) is 0 Å². The van der Waals surface area contributed by atoms with Crippen molar-refractivity contribution in [3.63, 3.8) is 0 Å². The van der Waals surface area contributed by atoms with Crippen LogP contribution in [0.3, 0.4) is 0 Å². The standard InChI is InChI=1S/C28H22F5N3O8/c1-27(2,3)44-26(38)35(24-14(28(31,32)33)7-6-8-15(24)36(39)40)20-10-13-9-18(43-19(13)12-34-20)25(37)21-22(29)16(41-4)11-17(42-5)23(21)30/h6-12H,1-5H3. The molecule has 4 rings (SSSR count). The minimum atomic E-state index is -5.16. The second-order valence-corrected chi connectivity index (χ2v) is 10.0. The van der Waals surface area contributed by atoms with Crippen LogP contribution in [-0.2, 0) is 10.9 Å². The number of rotatable bonds is 7. The Balaban J connectivity index is 1.93. The Hall–Kier alpha value is -5.28. The molecular formula is C28H22F5N3O8. The molecule has 0 fully saturated rings. The largest absolute Gasteiger partial charge is 0.494 e. The van der Waals surface area contributed by atoms with Crippen LogP contribution in [-0.4, -0.2) is 41.6 Å². The highest BCUT2D eigenvalue weighted by Crippen LogP contribution is 2.45. The van der Waals surface area contributed by atoms with Crippen molar-refractivity contribution in [1.82, 2.24) is 4.98 Å². The third-order valence-electron chi connectivity index (χ3n) is 5.96. The average molecular weight is 623 g/mol. The highest BCUT2D eigenvalue weighted by atomic mass is 19.4. The molecule has 0 atom stereocenters. The molecule has 0 aliphatic heterocycles. The van der Waals surface area contributed by atoms with Gasteiger partial charge in [-0.2, -0.15) is 13.2 Å². The van der Waals surface area contributed by atoms with E-state index < -0.39 is 85.8 Å². The van der Waals surface area contributed by atoms with Gasteiger partial charge in [0.1, 0.15) is 22.7 Å². The lowest BCUT2D eigenvalue weighted by Gasteiger charge is -2.28. The van der Waals surface area contributed by atoms with Gasteiger partial charge < -0.3 is 18.6 Å². The topological polar surface area (TPSA) is 134 Å². The first-order chi connectivity index (χ1) is 20.5. The van der Waals surface area contributed by atoms with Gasteiger partial charge in [0.15, 0.2) is 34.5 Å². The van der Waals surface area contributed by atoms with E-state index in [0.29, 0.717) is 6.07 Å². The van der Waals surface area contributed by atoms with E-state index in [0.717, 1.165) is 50.7 Å². The third kappa shape index (κ3) is 5.95. The first-order valence-corrected chi connectivity index (χ1v) is 12.4. The van der Waals surface area contributed by atoms with E-state index in [1.807, 2.05) is 0 Å². The number of carbonyl (C=O) groups excluding carboxylic acids is 2. The molecule has 0 spiro atoms. The summed E-state index contributed by atoms with van der Waals surface area (Å²) in [5.74, 6) is -6.25. The lowest BCUT2D eigenvalue weighted by Crippen LogP contribution is -2.35. The van der Waals surface area contributed by atoms with Crippen LogP contribution in [0.2, 0.25) is 0 Å². The van der Waals surface area contributed by atoms with Crippen molar-refractivity contribution in [2.45, 2.75) is 32.5 Å². The van der Waals surface area contributed by atoms with Crippen molar-refractivity contribution in [3.05, 3.63) is 81.2 Å². The molecule has 232 valence electrons. The summed E-state index contributed by atoms with van der Waals surface area (Å²) in [5.41, 5.74) is -6.34. The number of fused-ring (bicyclic) bond motifs is 1. The van der Waals surface area contributed by atoms with Crippen molar-refractivity contribution in [3.8, 4) is 11.5 Å². The molecule has 44 heavy (non-hydrogen) atoms. The van der Waals surface area contributed by atoms with Gasteiger partial charge in [0.05, 0.1) is 30.9 Å². The van der Waals surface area contributed by atoms with Gasteiger partial charge in [-0.1, -0.05) is 6.07 Å². The smallest absolute Gasteiger partial charge is 0.420 e. The minimum absolute atomic E-state index is 0.0743. The quantitative estimate of drug-likeness (QED) is 0.0896. The lowest BCUT2D eigenvalue weighted by atomic mass is 10.1.